The second-order valence-corrected chi connectivity index (χ2v) is 12.8. The second kappa shape index (κ2) is 13.4. The van der Waals surface area contributed by atoms with Crippen molar-refractivity contribution in [1.29, 1.82) is 0 Å². The highest BCUT2D eigenvalue weighted by atomic mass is 127. The standard InChI is InChI=1S/C31H24Cl3IN2O5S/c1-4-41-30(39)26-16(2)36-31-37(27(26)20-7-5-6-8-21(20)33)29(38)25(43-31)13-17-11-23(35)28(24(12-17)40-3)42-15-18-9-10-19(32)14-22(18)34/h5-14,27H,4,15H2,1-3H3/b25-13-/t27-/m0/s1. The molecule has 1 aromatic heterocycles. The summed E-state index contributed by atoms with van der Waals surface area (Å²) in [5.41, 5.74) is 2.53. The van der Waals surface area contributed by atoms with Gasteiger partial charge < -0.3 is 14.2 Å². The van der Waals surface area contributed by atoms with Crippen molar-refractivity contribution in [3.63, 3.8) is 0 Å². The molecule has 1 aliphatic heterocycles. The van der Waals surface area contributed by atoms with E-state index >= 15 is 0 Å². The largest absolute Gasteiger partial charge is 0.493 e. The summed E-state index contributed by atoms with van der Waals surface area (Å²) >= 11 is 22.3. The molecule has 0 spiro atoms. The molecule has 0 bridgehead atoms. The fourth-order valence-electron chi connectivity index (χ4n) is 4.69. The minimum absolute atomic E-state index is 0.183. The van der Waals surface area contributed by atoms with Crippen molar-refractivity contribution < 1.29 is 19.0 Å². The van der Waals surface area contributed by atoms with Crippen molar-refractivity contribution in [3.8, 4) is 11.5 Å². The molecule has 0 radical (unpaired) electrons. The van der Waals surface area contributed by atoms with Gasteiger partial charge in [0, 0.05) is 20.6 Å². The number of halogens is 4. The number of methoxy groups -OCH3 is 1. The summed E-state index contributed by atoms with van der Waals surface area (Å²) in [6.07, 6.45) is 1.77. The highest BCUT2D eigenvalue weighted by Gasteiger charge is 2.34. The van der Waals surface area contributed by atoms with Crippen LogP contribution in [0.1, 0.15) is 36.6 Å². The van der Waals surface area contributed by atoms with Gasteiger partial charge in [-0.1, -0.05) is 70.4 Å². The van der Waals surface area contributed by atoms with Gasteiger partial charge in [0.2, 0.25) is 0 Å². The smallest absolute Gasteiger partial charge is 0.338 e. The van der Waals surface area contributed by atoms with E-state index in [0.29, 0.717) is 47.2 Å². The lowest BCUT2D eigenvalue weighted by Gasteiger charge is -2.25. The third-order valence-corrected chi connectivity index (χ3v) is 9.37. The first kappa shape index (κ1) is 31.6. The summed E-state index contributed by atoms with van der Waals surface area (Å²) in [4.78, 5) is 32.1. The van der Waals surface area contributed by atoms with E-state index in [1.807, 2.05) is 18.2 Å². The highest BCUT2D eigenvalue weighted by molar-refractivity contribution is 14.1. The third kappa shape index (κ3) is 6.51. The Labute approximate surface area is 280 Å². The van der Waals surface area contributed by atoms with E-state index in [9.17, 15) is 9.59 Å². The molecule has 3 aromatic carbocycles. The molecule has 1 atom stereocenters. The second-order valence-electron chi connectivity index (χ2n) is 9.38. The monoisotopic (exact) mass is 768 g/mol. The summed E-state index contributed by atoms with van der Waals surface area (Å²) in [6, 6.07) is 15.2. The quantitative estimate of drug-likeness (QED) is 0.143. The number of fused-ring (bicyclic) bond motifs is 1. The SMILES string of the molecule is CCOC(=O)C1=C(C)N=c2s/c(=C\c3cc(I)c(OCc4ccc(Cl)cc4Cl)c(OC)c3)c(=O)n2[C@H]1c1ccccc1Cl. The van der Waals surface area contributed by atoms with Gasteiger partial charge in [0.25, 0.3) is 5.56 Å². The minimum atomic E-state index is -0.795. The Bertz CT molecular complexity index is 1950. The number of ether oxygens (including phenoxy) is 3. The van der Waals surface area contributed by atoms with Gasteiger partial charge in [0.1, 0.15) is 12.6 Å². The number of carbonyl (C=O) groups is 1. The summed E-state index contributed by atoms with van der Waals surface area (Å²) in [7, 11) is 1.55. The molecular formula is C31H24Cl3IN2O5S. The van der Waals surface area contributed by atoms with Crippen LogP contribution >= 0.6 is 68.7 Å². The Kier molecular flexibility index (Phi) is 9.87. The number of hydrogen-bond acceptors (Lipinski definition) is 7. The first-order chi connectivity index (χ1) is 20.6. The first-order valence-corrected chi connectivity index (χ1v) is 16.0. The van der Waals surface area contributed by atoms with Gasteiger partial charge in [-0.3, -0.25) is 9.36 Å². The maximum Gasteiger partial charge on any atom is 0.338 e. The van der Waals surface area contributed by atoms with Crippen molar-refractivity contribution in [2.45, 2.75) is 26.5 Å². The number of rotatable bonds is 8. The van der Waals surface area contributed by atoms with Crippen LogP contribution in [0.5, 0.6) is 11.5 Å². The van der Waals surface area contributed by atoms with Gasteiger partial charge >= 0.3 is 5.97 Å². The number of hydrogen-bond donors (Lipinski definition) is 0. The maximum absolute atomic E-state index is 14.0. The Morgan fingerprint density at radius 3 is 2.58 bits per heavy atom. The topological polar surface area (TPSA) is 79.1 Å². The van der Waals surface area contributed by atoms with Gasteiger partial charge in [-0.25, -0.2) is 9.79 Å². The number of esters is 1. The predicted molar refractivity (Wildman–Crippen MR) is 178 cm³/mol. The van der Waals surface area contributed by atoms with Gasteiger partial charge in [0.05, 0.1) is 33.1 Å². The lowest BCUT2D eigenvalue weighted by molar-refractivity contribution is -0.139. The number of thiazole rings is 1. The normalized spacial score (nSPS) is 14.8. The van der Waals surface area contributed by atoms with Crippen molar-refractivity contribution in [2.75, 3.05) is 13.7 Å². The fraction of sp³-hybridized carbons (Fsp3) is 0.194. The van der Waals surface area contributed by atoms with Crippen LogP contribution in [-0.4, -0.2) is 24.3 Å². The van der Waals surface area contributed by atoms with E-state index in [1.165, 1.54) is 15.9 Å². The van der Waals surface area contributed by atoms with Crippen LogP contribution in [0.2, 0.25) is 15.1 Å². The van der Waals surface area contributed by atoms with Crippen molar-refractivity contribution in [2.24, 2.45) is 4.99 Å². The molecule has 1 aliphatic rings. The Morgan fingerprint density at radius 1 is 1.12 bits per heavy atom. The highest BCUT2D eigenvalue weighted by Crippen LogP contribution is 2.36. The molecule has 222 valence electrons. The number of nitrogens with zero attached hydrogens (tertiary/aromatic N) is 2. The van der Waals surface area contributed by atoms with E-state index < -0.39 is 12.0 Å². The van der Waals surface area contributed by atoms with Crippen LogP contribution in [-0.2, 0) is 16.1 Å². The molecular weight excluding hydrogens is 746 g/mol. The molecule has 0 aliphatic carbocycles. The zero-order valence-electron chi connectivity index (χ0n) is 23.1. The van der Waals surface area contributed by atoms with Crippen LogP contribution in [0.15, 0.2) is 75.7 Å². The molecule has 0 unspecified atom stereocenters. The van der Waals surface area contributed by atoms with Gasteiger partial charge in [-0.05, 0) is 84.0 Å². The Morgan fingerprint density at radius 2 is 1.88 bits per heavy atom. The van der Waals surface area contributed by atoms with Gasteiger partial charge in [-0.15, -0.1) is 0 Å². The molecule has 0 saturated heterocycles. The van der Waals surface area contributed by atoms with E-state index in [4.69, 9.17) is 49.0 Å². The first-order valence-electron chi connectivity index (χ1n) is 13.0. The Hall–Kier alpha value is -2.83. The molecule has 0 amide bonds. The van der Waals surface area contributed by atoms with E-state index in [0.717, 1.165) is 14.7 Å². The molecule has 0 fully saturated rings. The lowest BCUT2D eigenvalue weighted by atomic mass is 9.96. The molecule has 2 heterocycles. The fourth-order valence-corrected chi connectivity index (χ4v) is 7.22. The molecule has 43 heavy (non-hydrogen) atoms. The van der Waals surface area contributed by atoms with E-state index in [-0.39, 0.29) is 24.3 Å². The summed E-state index contributed by atoms with van der Waals surface area (Å²) in [6.45, 7) is 3.86. The van der Waals surface area contributed by atoms with Crippen LogP contribution in [0.3, 0.4) is 0 Å². The molecule has 0 saturated carbocycles. The molecule has 5 rings (SSSR count). The third-order valence-electron chi connectivity index (χ3n) is 6.65. The summed E-state index contributed by atoms with van der Waals surface area (Å²) in [5.74, 6) is 0.490. The van der Waals surface area contributed by atoms with Crippen molar-refractivity contribution in [1.82, 2.24) is 4.57 Å². The maximum atomic E-state index is 14.0. The van der Waals surface area contributed by atoms with Crippen molar-refractivity contribution >= 4 is 80.8 Å². The molecule has 12 heteroatoms. The zero-order chi connectivity index (χ0) is 30.8. The Balaban J connectivity index is 1.58. The number of benzene rings is 3. The van der Waals surface area contributed by atoms with Crippen LogP contribution in [0.25, 0.3) is 6.08 Å². The van der Waals surface area contributed by atoms with Crippen LogP contribution < -0.4 is 24.4 Å². The number of allylic oxidation sites excluding steroid dienone is 1. The predicted octanol–water partition coefficient (Wildman–Crippen LogP) is 6.95. The van der Waals surface area contributed by atoms with E-state index in [2.05, 4.69) is 27.6 Å². The number of carbonyl (C=O) groups excluding carboxylic acids is 1. The van der Waals surface area contributed by atoms with E-state index in [1.54, 1.807) is 63.4 Å². The minimum Gasteiger partial charge on any atom is -0.493 e. The van der Waals surface area contributed by atoms with Crippen LogP contribution in [0.4, 0.5) is 0 Å². The average molecular weight is 770 g/mol. The zero-order valence-corrected chi connectivity index (χ0v) is 28.4. The number of aromatic nitrogens is 1. The average Bonchev–Trinajstić information content (AvgIpc) is 3.26. The summed E-state index contributed by atoms with van der Waals surface area (Å²) in [5, 5.41) is 1.47. The van der Waals surface area contributed by atoms with Gasteiger partial charge in [0.15, 0.2) is 16.3 Å². The molecule has 4 aromatic rings. The molecule has 7 nitrogen and oxygen atoms in total. The summed E-state index contributed by atoms with van der Waals surface area (Å²) < 4.78 is 19.8. The van der Waals surface area contributed by atoms with Crippen LogP contribution in [0, 0.1) is 3.57 Å². The van der Waals surface area contributed by atoms with Gasteiger partial charge in [-0.2, -0.15) is 0 Å². The van der Waals surface area contributed by atoms with Crippen molar-refractivity contribution in [3.05, 3.63) is 121 Å². The lowest BCUT2D eigenvalue weighted by Crippen LogP contribution is -2.40. The molecule has 0 N–H and O–H groups in total.